The van der Waals surface area contributed by atoms with E-state index in [1.807, 2.05) is 6.26 Å². The molecule has 0 spiro atoms. The fourth-order valence-corrected chi connectivity index (χ4v) is 17.2. The van der Waals surface area contributed by atoms with Crippen molar-refractivity contribution in [2.75, 3.05) is 6.61 Å². The summed E-state index contributed by atoms with van der Waals surface area (Å²) in [5.41, 5.74) is 3.56. The molecule has 0 unspecified atom stereocenters. The molecular weight excluding hydrogens is 392 g/mol. The molecule has 0 aromatic carbocycles. The van der Waals surface area contributed by atoms with Crippen molar-refractivity contribution in [1.82, 2.24) is 0 Å². The van der Waals surface area contributed by atoms with Crippen molar-refractivity contribution in [1.29, 1.82) is 0 Å². The molecule has 0 saturated heterocycles. The molecule has 1 rings (SSSR count). The molecule has 0 saturated carbocycles. The summed E-state index contributed by atoms with van der Waals surface area (Å²) in [6.45, 7) is 28.8. The predicted octanol–water partition coefficient (Wildman–Crippen LogP) is 8.04. The van der Waals surface area contributed by atoms with E-state index in [-0.39, 0.29) is 12.2 Å². The topological polar surface area (TPSA) is 27.7 Å². The van der Waals surface area contributed by atoms with Crippen LogP contribution in [0.1, 0.15) is 89.5 Å². The Morgan fingerprint density at radius 3 is 1.52 bits per heavy atom. The third-order valence-electron chi connectivity index (χ3n) is 7.35. The van der Waals surface area contributed by atoms with Gasteiger partial charge in [0, 0.05) is 6.42 Å². The molecule has 2 atom stereocenters. The molecule has 0 N–H and O–H groups in total. The average molecular weight is 443 g/mol. The molecule has 0 radical (unpaired) electrons. The Bertz CT molecular complexity index is 469. The Hall–Kier alpha value is -0.106. The molecule has 0 fully saturated rings. The SMILES string of the molecule is CC(C)[Si](OC[C@@H]1C[C@H](O[Si](C(C)C)(C(C)C)C(C)C)C=CO1)(C(C)C)C(C)C. The average Bonchev–Trinajstić information content (AvgIpc) is 2.58. The first-order valence-electron chi connectivity index (χ1n) is 12.0. The number of hydrogen-bond acceptors (Lipinski definition) is 3. The minimum Gasteiger partial charge on any atom is -0.496 e. The fourth-order valence-electron chi connectivity index (χ4n) is 6.24. The van der Waals surface area contributed by atoms with Gasteiger partial charge in [-0.25, -0.2) is 0 Å². The summed E-state index contributed by atoms with van der Waals surface area (Å²) in [5.74, 6) is 0. The van der Waals surface area contributed by atoms with Gasteiger partial charge in [0.2, 0.25) is 16.6 Å². The second-order valence-electron chi connectivity index (χ2n) is 10.9. The highest BCUT2D eigenvalue weighted by atomic mass is 28.4. The summed E-state index contributed by atoms with van der Waals surface area (Å²) < 4.78 is 19.8. The van der Waals surface area contributed by atoms with Gasteiger partial charge in [-0.1, -0.05) is 83.1 Å². The molecule has 0 aromatic rings. The highest BCUT2D eigenvalue weighted by Gasteiger charge is 2.48. The Morgan fingerprint density at radius 2 is 1.14 bits per heavy atom. The van der Waals surface area contributed by atoms with Crippen LogP contribution in [-0.4, -0.2) is 35.4 Å². The smallest absolute Gasteiger partial charge is 0.201 e. The zero-order chi connectivity index (χ0) is 22.6. The minimum atomic E-state index is -1.90. The molecule has 0 amide bonds. The molecule has 3 nitrogen and oxygen atoms in total. The van der Waals surface area contributed by atoms with Crippen LogP contribution in [0.4, 0.5) is 0 Å². The van der Waals surface area contributed by atoms with Gasteiger partial charge in [0.25, 0.3) is 0 Å². The summed E-state index contributed by atoms with van der Waals surface area (Å²) in [6, 6.07) is 0. The van der Waals surface area contributed by atoms with Crippen molar-refractivity contribution in [3.63, 3.8) is 0 Å². The van der Waals surface area contributed by atoms with Crippen molar-refractivity contribution in [3.8, 4) is 0 Å². The summed E-state index contributed by atoms with van der Waals surface area (Å²) in [7, 11) is -3.77. The van der Waals surface area contributed by atoms with Crippen LogP contribution >= 0.6 is 0 Å². The lowest BCUT2D eigenvalue weighted by atomic mass is 10.1. The van der Waals surface area contributed by atoms with Gasteiger partial charge < -0.3 is 13.6 Å². The molecule has 29 heavy (non-hydrogen) atoms. The fraction of sp³-hybridized carbons (Fsp3) is 0.917. The lowest BCUT2D eigenvalue weighted by Gasteiger charge is -2.46. The Morgan fingerprint density at radius 1 is 0.724 bits per heavy atom. The van der Waals surface area contributed by atoms with Crippen LogP contribution < -0.4 is 0 Å². The van der Waals surface area contributed by atoms with Crippen molar-refractivity contribution >= 4 is 16.6 Å². The lowest BCUT2D eigenvalue weighted by molar-refractivity contribution is 0.0298. The molecule has 0 bridgehead atoms. The van der Waals surface area contributed by atoms with Crippen molar-refractivity contribution in [3.05, 3.63) is 12.3 Å². The molecule has 1 heterocycles. The number of rotatable bonds is 11. The highest BCUT2D eigenvalue weighted by Crippen LogP contribution is 2.45. The largest absolute Gasteiger partial charge is 0.496 e. The standard InChI is InChI=1S/C24H50O3Si2/c1-17(2)28(18(3)4,19(5)6)26-16-24-15-23(13-14-25-24)27-29(20(7)8,21(9)10)22(11)12/h13-14,17-24H,15-16H2,1-12H3/t23-,24+/m1/s1. The molecule has 1 aliphatic rings. The van der Waals surface area contributed by atoms with Gasteiger partial charge in [-0.15, -0.1) is 0 Å². The first kappa shape index (κ1) is 26.9. The maximum Gasteiger partial charge on any atom is 0.201 e. The van der Waals surface area contributed by atoms with Gasteiger partial charge in [0.05, 0.1) is 19.0 Å². The van der Waals surface area contributed by atoms with Crippen LogP contribution in [0.15, 0.2) is 12.3 Å². The van der Waals surface area contributed by atoms with E-state index in [4.69, 9.17) is 13.6 Å². The molecule has 0 aromatic heterocycles. The van der Waals surface area contributed by atoms with E-state index in [1.165, 1.54) is 0 Å². The van der Waals surface area contributed by atoms with Crippen molar-refractivity contribution in [2.24, 2.45) is 0 Å². The molecular formula is C24H50O3Si2. The Balaban J connectivity index is 2.92. The second kappa shape index (κ2) is 11.0. The molecule has 0 aliphatic carbocycles. The van der Waals surface area contributed by atoms with Crippen LogP contribution in [0.25, 0.3) is 0 Å². The van der Waals surface area contributed by atoms with E-state index >= 15 is 0 Å². The van der Waals surface area contributed by atoms with Crippen LogP contribution in [0.2, 0.25) is 33.2 Å². The van der Waals surface area contributed by atoms with Crippen LogP contribution in [-0.2, 0) is 13.6 Å². The third-order valence-corrected chi connectivity index (χ3v) is 19.6. The summed E-state index contributed by atoms with van der Waals surface area (Å²) in [6.07, 6.45) is 5.13. The van der Waals surface area contributed by atoms with Crippen LogP contribution in [0, 0.1) is 0 Å². The number of hydrogen-bond donors (Lipinski definition) is 0. The normalized spacial score (nSPS) is 21.3. The van der Waals surface area contributed by atoms with Gasteiger partial charge in [0.1, 0.15) is 6.10 Å². The predicted molar refractivity (Wildman–Crippen MR) is 132 cm³/mol. The van der Waals surface area contributed by atoms with E-state index in [0.717, 1.165) is 6.42 Å². The Kier molecular flexibility index (Phi) is 10.2. The second-order valence-corrected chi connectivity index (χ2v) is 21.8. The summed E-state index contributed by atoms with van der Waals surface area (Å²) >= 11 is 0. The Labute approximate surface area is 184 Å². The van der Waals surface area contributed by atoms with E-state index in [0.29, 0.717) is 39.9 Å². The molecule has 1 aliphatic heterocycles. The monoisotopic (exact) mass is 442 g/mol. The third kappa shape index (κ3) is 5.78. The van der Waals surface area contributed by atoms with Crippen LogP contribution in [0.5, 0.6) is 0 Å². The van der Waals surface area contributed by atoms with Gasteiger partial charge in [-0.05, 0) is 39.3 Å². The van der Waals surface area contributed by atoms with Gasteiger partial charge in [-0.3, -0.25) is 0 Å². The quantitative estimate of drug-likeness (QED) is 0.303. The maximum absolute atomic E-state index is 7.00. The number of ether oxygens (including phenoxy) is 1. The van der Waals surface area contributed by atoms with Crippen molar-refractivity contribution < 1.29 is 13.6 Å². The molecule has 172 valence electrons. The van der Waals surface area contributed by atoms with E-state index in [2.05, 4.69) is 89.2 Å². The molecule has 5 heteroatoms. The van der Waals surface area contributed by atoms with Gasteiger partial charge >= 0.3 is 0 Å². The zero-order valence-corrected chi connectivity index (χ0v) is 23.4. The first-order valence-corrected chi connectivity index (χ1v) is 16.2. The van der Waals surface area contributed by atoms with Gasteiger partial charge in [0.15, 0.2) is 0 Å². The summed E-state index contributed by atoms with van der Waals surface area (Å²) in [5, 5.41) is 0. The van der Waals surface area contributed by atoms with Crippen molar-refractivity contribution in [2.45, 2.75) is 135 Å². The van der Waals surface area contributed by atoms with Crippen LogP contribution in [0.3, 0.4) is 0 Å². The highest BCUT2D eigenvalue weighted by molar-refractivity contribution is 6.78. The minimum absolute atomic E-state index is 0.0892. The lowest BCUT2D eigenvalue weighted by Crippen LogP contribution is -2.52. The summed E-state index contributed by atoms with van der Waals surface area (Å²) in [4.78, 5) is 0. The zero-order valence-electron chi connectivity index (χ0n) is 21.4. The first-order chi connectivity index (χ1) is 13.3. The van der Waals surface area contributed by atoms with E-state index < -0.39 is 16.6 Å². The van der Waals surface area contributed by atoms with Gasteiger partial charge in [-0.2, -0.15) is 0 Å². The maximum atomic E-state index is 7.00. The van der Waals surface area contributed by atoms with E-state index in [9.17, 15) is 0 Å². The van der Waals surface area contributed by atoms with E-state index in [1.54, 1.807) is 0 Å².